The van der Waals surface area contributed by atoms with Crippen molar-refractivity contribution in [2.75, 3.05) is 5.06 Å². The molecule has 152 valence electrons. The number of rotatable bonds is 6. The lowest BCUT2D eigenvalue weighted by Crippen LogP contribution is -2.33. The van der Waals surface area contributed by atoms with Crippen LogP contribution in [0.3, 0.4) is 0 Å². The van der Waals surface area contributed by atoms with Gasteiger partial charge in [-0.15, -0.1) is 5.06 Å². The van der Waals surface area contributed by atoms with Gasteiger partial charge in [0.25, 0.3) is 11.6 Å². The average molecular weight is 469 g/mol. The number of hydrogen-bond donors (Lipinski definition) is 0. The minimum atomic E-state index is -0.595. The molecular weight excluding hydrogens is 452 g/mol. The lowest BCUT2D eigenvalue weighted by molar-refractivity contribution is -0.384. The fourth-order valence-corrected chi connectivity index (χ4v) is 2.93. The van der Waals surface area contributed by atoms with Crippen LogP contribution in [0.2, 0.25) is 0 Å². The number of non-ortho nitro benzene ring substituents is 1. The lowest BCUT2D eigenvalue weighted by Gasteiger charge is -2.21. The second-order valence-corrected chi connectivity index (χ2v) is 7.24. The fraction of sp³-hybridized carbons (Fsp3) is 0.0909. The highest BCUT2D eigenvalue weighted by molar-refractivity contribution is 9.10. The van der Waals surface area contributed by atoms with Crippen molar-refractivity contribution in [3.05, 3.63) is 105 Å². The summed E-state index contributed by atoms with van der Waals surface area (Å²) in [5.41, 5.74) is 1.53. The van der Waals surface area contributed by atoms with Gasteiger partial charge in [0, 0.05) is 22.2 Å². The molecule has 0 spiro atoms. The molecule has 8 heteroatoms. The van der Waals surface area contributed by atoms with Crippen LogP contribution in [0.15, 0.2) is 83.3 Å². The molecule has 0 aromatic heterocycles. The van der Waals surface area contributed by atoms with Gasteiger partial charge in [0.1, 0.15) is 0 Å². The standard InChI is InChI=1S/C22H17BrN2O5/c23-18-11-9-17(10-12-18)22(27)24(19-4-2-1-3-5-19)30-21(26)15-8-16-6-13-20(14-7-16)25(28)29/h1-7,9-14H,8,15H2. The van der Waals surface area contributed by atoms with Crippen LogP contribution in [0.4, 0.5) is 11.4 Å². The van der Waals surface area contributed by atoms with Crippen LogP contribution >= 0.6 is 15.9 Å². The normalized spacial score (nSPS) is 10.3. The van der Waals surface area contributed by atoms with E-state index in [1.54, 1.807) is 66.7 Å². The number of aryl methyl sites for hydroxylation is 1. The summed E-state index contributed by atoms with van der Waals surface area (Å²) in [6.07, 6.45) is 0.334. The molecule has 0 aliphatic rings. The zero-order valence-corrected chi connectivity index (χ0v) is 17.3. The Hall–Kier alpha value is -3.52. The summed E-state index contributed by atoms with van der Waals surface area (Å²) >= 11 is 3.32. The van der Waals surface area contributed by atoms with Gasteiger partial charge in [-0.1, -0.05) is 46.3 Å². The minimum absolute atomic E-state index is 0.00869. The Balaban J connectivity index is 1.71. The van der Waals surface area contributed by atoms with Crippen LogP contribution in [-0.2, 0) is 16.1 Å². The van der Waals surface area contributed by atoms with Crippen molar-refractivity contribution in [2.45, 2.75) is 12.8 Å². The number of hydrogen-bond acceptors (Lipinski definition) is 5. The number of hydroxylamine groups is 1. The Morgan fingerprint density at radius 1 is 0.933 bits per heavy atom. The molecule has 0 fully saturated rings. The number of benzene rings is 3. The monoisotopic (exact) mass is 468 g/mol. The Kier molecular flexibility index (Phi) is 6.92. The maximum absolute atomic E-state index is 12.9. The summed E-state index contributed by atoms with van der Waals surface area (Å²) in [6.45, 7) is 0. The third kappa shape index (κ3) is 5.51. The van der Waals surface area contributed by atoms with Crippen molar-refractivity contribution in [2.24, 2.45) is 0 Å². The Morgan fingerprint density at radius 2 is 1.57 bits per heavy atom. The highest BCUT2D eigenvalue weighted by Crippen LogP contribution is 2.20. The number of halogens is 1. The number of carbonyl (C=O) groups excluding carboxylic acids is 2. The van der Waals surface area contributed by atoms with E-state index in [1.165, 1.54) is 12.1 Å². The van der Waals surface area contributed by atoms with E-state index in [4.69, 9.17) is 4.84 Å². The summed E-state index contributed by atoms with van der Waals surface area (Å²) in [4.78, 5) is 41.0. The Bertz CT molecular complexity index is 1040. The summed E-state index contributed by atoms with van der Waals surface area (Å²) < 4.78 is 0.824. The van der Waals surface area contributed by atoms with E-state index < -0.39 is 16.8 Å². The summed E-state index contributed by atoms with van der Waals surface area (Å²) in [6, 6.07) is 21.3. The van der Waals surface area contributed by atoms with E-state index in [-0.39, 0.29) is 12.1 Å². The molecule has 0 radical (unpaired) electrons. The fourth-order valence-electron chi connectivity index (χ4n) is 2.66. The molecule has 0 bridgehead atoms. The van der Waals surface area contributed by atoms with Crippen molar-refractivity contribution in [1.82, 2.24) is 0 Å². The largest absolute Gasteiger partial charge is 0.333 e. The van der Waals surface area contributed by atoms with Crippen LogP contribution in [0.5, 0.6) is 0 Å². The summed E-state index contributed by atoms with van der Waals surface area (Å²) in [5, 5.41) is 11.7. The van der Waals surface area contributed by atoms with Crippen molar-refractivity contribution < 1.29 is 19.3 Å². The topological polar surface area (TPSA) is 89.8 Å². The molecule has 0 aliphatic carbocycles. The molecule has 0 saturated heterocycles. The highest BCUT2D eigenvalue weighted by Gasteiger charge is 2.22. The second-order valence-electron chi connectivity index (χ2n) is 6.33. The van der Waals surface area contributed by atoms with Crippen LogP contribution in [0.1, 0.15) is 22.3 Å². The number of nitro groups is 1. The van der Waals surface area contributed by atoms with Crippen molar-refractivity contribution >= 4 is 39.2 Å². The molecule has 30 heavy (non-hydrogen) atoms. The van der Waals surface area contributed by atoms with Crippen molar-refractivity contribution in [1.29, 1.82) is 0 Å². The smallest absolute Gasteiger partial charge is 0.333 e. The first-order chi connectivity index (χ1) is 14.4. The van der Waals surface area contributed by atoms with E-state index >= 15 is 0 Å². The number of carbonyl (C=O) groups is 2. The average Bonchev–Trinajstić information content (AvgIpc) is 2.77. The van der Waals surface area contributed by atoms with Gasteiger partial charge in [-0.05, 0) is 48.4 Å². The van der Waals surface area contributed by atoms with Gasteiger partial charge >= 0.3 is 5.97 Å². The van der Waals surface area contributed by atoms with Crippen LogP contribution in [0.25, 0.3) is 0 Å². The van der Waals surface area contributed by atoms with Gasteiger partial charge in [-0.2, -0.15) is 0 Å². The quantitative estimate of drug-likeness (QED) is 0.371. The molecule has 0 saturated carbocycles. The van der Waals surface area contributed by atoms with Crippen LogP contribution < -0.4 is 5.06 Å². The summed E-state index contributed by atoms with van der Waals surface area (Å²) in [5.74, 6) is -1.07. The second kappa shape index (κ2) is 9.80. The molecule has 0 unspecified atom stereocenters. The maximum atomic E-state index is 12.9. The molecule has 7 nitrogen and oxygen atoms in total. The zero-order valence-electron chi connectivity index (χ0n) is 15.7. The van der Waals surface area contributed by atoms with Gasteiger partial charge in [-0.3, -0.25) is 14.9 Å². The van der Waals surface area contributed by atoms with Gasteiger partial charge in [0.05, 0.1) is 17.0 Å². The van der Waals surface area contributed by atoms with Gasteiger partial charge in [-0.25, -0.2) is 4.79 Å². The van der Waals surface area contributed by atoms with Crippen LogP contribution in [-0.4, -0.2) is 16.8 Å². The van der Waals surface area contributed by atoms with Crippen LogP contribution in [0, 0.1) is 10.1 Å². The minimum Gasteiger partial charge on any atom is -0.333 e. The van der Waals surface area contributed by atoms with Gasteiger partial charge < -0.3 is 4.84 Å². The van der Waals surface area contributed by atoms with E-state index in [2.05, 4.69) is 15.9 Å². The molecule has 3 aromatic carbocycles. The number of nitrogens with zero attached hydrogens (tertiary/aromatic N) is 2. The van der Waals surface area contributed by atoms with Crippen molar-refractivity contribution in [3.63, 3.8) is 0 Å². The molecule has 3 rings (SSSR count). The third-order valence-corrected chi connectivity index (χ3v) is 4.75. The number of anilines is 1. The molecule has 0 atom stereocenters. The van der Waals surface area contributed by atoms with E-state index in [0.29, 0.717) is 17.7 Å². The summed E-state index contributed by atoms with van der Waals surface area (Å²) in [7, 11) is 0. The first-order valence-electron chi connectivity index (χ1n) is 9.03. The van der Waals surface area contributed by atoms with Crippen molar-refractivity contribution in [3.8, 4) is 0 Å². The SMILES string of the molecule is O=C(CCc1ccc([N+](=O)[O-])cc1)ON(C(=O)c1ccc(Br)cc1)c1ccccc1. The van der Waals surface area contributed by atoms with E-state index in [1.807, 2.05) is 0 Å². The molecule has 0 N–H and O–H groups in total. The molecule has 0 heterocycles. The first kappa shape index (κ1) is 21.2. The van der Waals surface area contributed by atoms with Gasteiger partial charge in [0.2, 0.25) is 0 Å². The predicted molar refractivity (Wildman–Crippen MR) is 115 cm³/mol. The first-order valence-corrected chi connectivity index (χ1v) is 9.82. The zero-order chi connectivity index (χ0) is 21.5. The molecular formula is C22H17BrN2O5. The lowest BCUT2D eigenvalue weighted by atomic mass is 10.1. The molecule has 0 aliphatic heterocycles. The number of para-hydroxylation sites is 1. The van der Waals surface area contributed by atoms with E-state index in [9.17, 15) is 19.7 Å². The maximum Gasteiger partial charge on any atom is 0.333 e. The number of nitro benzene ring substituents is 1. The molecule has 1 amide bonds. The predicted octanol–water partition coefficient (Wildman–Crippen LogP) is 5.10. The Morgan fingerprint density at radius 3 is 2.17 bits per heavy atom. The third-order valence-electron chi connectivity index (χ3n) is 4.22. The Labute approximate surface area is 181 Å². The number of amides is 1. The van der Waals surface area contributed by atoms with E-state index in [0.717, 1.165) is 15.1 Å². The van der Waals surface area contributed by atoms with Gasteiger partial charge in [0.15, 0.2) is 0 Å². The molecule has 3 aromatic rings. The highest BCUT2D eigenvalue weighted by atomic mass is 79.9.